The van der Waals surface area contributed by atoms with E-state index in [1.807, 2.05) is 19.1 Å². The zero-order chi connectivity index (χ0) is 15.9. The number of carbonyl (C=O) groups is 2. The van der Waals surface area contributed by atoms with Crippen molar-refractivity contribution in [1.29, 1.82) is 0 Å². The fourth-order valence-electron chi connectivity index (χ4n) is 1.65. The van der Waals surface area contributed by atoms with Crippen molar-refractivity contribution in [2.24, 2.45) is 10.8 Å². The molecule has 0 bridgehead atoms. The van der Waals surface area contributed by atoms with Crippen LogP contribution in [-0.2, 0) is 0 Å². The molecule has 0 aliphatic heterocycles. The number of hydrazone groups is 1. The predicted octanol–water partition coefficient (Wildman–Crippen LogP) is 2.22. The SMILES string of the molecule is Cc1ccc(C(=O)Oc2ccc(C=NNC(N)=O)cc2)cc1. The molecule has 112 valence electrons. The van der Waals surface area contributed by atoms with Gasteiger partial charge in [0.15, 0.2) is 0 Å². The Bertz CT molecular complexity index is 692. The Hall–Kier alpha value is -3.15. The highest BCUT2D eigenvalue weighted by molar-refractivity contribution is 5.91. The van der Waals surface area contributed by atoms with Crippen molar-refractivity contribution in [3.63, 3.8) is 0 Å². The number of amides is 2. The molecule has 0 aliphatic carbocycles. The summed E-state index contributed by atoms with van der Waals surface area (Å²) < 4.78 is 5.26. The molecule has 3 N–H and O–H groups in total. The van der Waals surface area contributed by atoms with Gasteiger partial charge in [-0.2, -0.15) is 5.10 Å². The van der Waals surface area contributed by atoms with Crippen molar-refractivity contribution in [3.05, 3.63) is 65.2 Å². The normalized spacial score (nSPS) is 10.4. The number of rotatable bonds is 4. The maximum absolute atomic E-state index is 11.9. The van der Waals surface area contributed by atoms with E-state index in [1.165, 1.54) is 6.21 Å². The van der Waals surface area contributed by atoms with Gasteiger partial charge in [0.25, 0.3) is 0 Å². The average molecular weight is 297 g/mol. The van der Waals surface area contributed by atoms with Gasteiger partial charge in [-0.15, -0.1) is 0 Å². The molecule has 0 saturated carbocycles. The number of esters is 1. The summed E-state index contributed by atoms with van der Waals surface area (Å²) in [6.45, 7) is 1.95. The second-order valence-electron chi connectivity index (χ2n) is 4.56. The Kier molecular flexibility index (Phi) is 4.87. The minimum absolute atomic E-state index is 0.420. The Morgan fingerprint density at radius 3 is 2.32 bits per heavy atom. The van der Waals surface area contributed by atoms with E-state index in [0.717, 1.165) is 11.1 Å². The maximum atomic E-state index is 11.9. The fourth-order valence-corrected chi connectivity index (χ4v) is 1.65. The summed E-state index contributed by atoms with van der Waals surface area (Å²) in [6, 6.07) is 13.1. The van der Waals surface area contributed by atoms with Crippen molar-refractivity contribution in [2.45, 2.75) is 6.92 Å². The van der Waals surface area contributed by atoms with Crippen LogP contribution in [0.1, 0.15) is 21.5 Å². The van der Waals surface area contributed by atoms with Crippen LogP contribution in [0.15, 0.2) is 53.6 Å². The number of nitrogens with two attached hydrogens (primary N) is 1. The van der Waals surface area contributed by atoms with E-state index in [0.29, 0.717) is 11.3 Å². The van der Waals surface area contributed by atoms with Gasteiger partial charge in [0.05, 0.1) is 11.8 Å². The lowest BCUT2D eigenvalue weighted by Crippen LogP contribution is -2.24. The van der Waals surface area contributed by atoms with Crippen LogP contribution in [0.5, 0.6) is 5.75 Å². The van der Waals surface area contributed by atoms with E-state index in [9.17, 15) is 9.59 Å². The first-order chi connectivity index (χ1) is 10.5. The van der Waals surface area contributed by atoms with Gasteiger partial charge in [-0.1, -0.05) is 17.7 Å². The molecule has 0 fully saturated rings. The molecule has 0 radical (unpaired) electrons. The van der Waals surface area contributed by atoms with Crippen molar-refractivity contribution in [3.8, 4) is 5.75 Å². The monoisotopic (exact) mass is 297 g/mol. The van der Waals surface area contributed by atoms with Gasteiger partial charge in [0.1, 0.15) is 5.75 Å². The van der Waals surface area contributed by atoms with Crippen LogP contribution in [0.4, 0.5) is 4.79 Å². The van der Waals surface area contributed by atoms with Gasteiger partial charge in [0.2, 0.25) is 0 Å². The number of primary amides is 1. The molecule has 0 spiro atoms. The highest BCUT2D eigenvalue weighted by Gasteiger charge is 2.07. The summed E-state index contributed by atoms with van der Waals surface area (Å²) in [5.74, 6) is 0.00222. The standard InChI is InChI=1S/C16H15N3O3/c1-11-2-6-13(7-3-11)15(20)22-14-8-4-12(5-9-14)10-18-19-16(17)21/h2-10H,1H3,(H3,17,19,21). The van der Waals surface area contributed by atoms with E-state index < -0.39 is 12.0 Å². The second-order valence-corrected chi connectivity index (χ2v) is 4.56. The van der Waals surface area contributed by atoms with Gasteiger partial charge < -0.3 is 10.5 Å². The highest BCUT2D eigenvalue weighted by atomic mass is 16.5. The number of nitrogens with zero attached hydrogens (tertiary/aromatic N) is 1. The van der Waals surface area contributed by atoms with E-state index in [2.05, 4.69) is 10.5 Å². The molecule has 6 heteroatoms. The average Bonchev–Trinajstić information content (AvgIpc) is 2.49. The zero-order valence-corrected chi connectivity index (χ0v) is 11.9. The lowest BCUT2D eigenvalue weighted by atomic mass is 10.1. The van der Waals surface area contributed by atoms with Crippen LogP contribution in [0.3, 0.4) is 0 Å². The van der Waals surface area contributed by atoms with Crippen molar-refractivity contribution in [2.75, 3.05) is 0 Å². The molecule has 0 heterocycles. The van der Waals surface area contributed by atoms with Crippen LogP contribution in [0.25, 0.3) is 0 Å². The highest BCUT2D eigenvalue weighted by Crippen LogP contribution is 2.14. The Labute approximate surface area is 127 Å². The van der Waals surface area contributed by atoms with Crippen molar-refractivity contribution in [1.82, 2.24) is 5.43 Å². The molecule has 0 atom stereocenters. The first-order valence-corrected chi connectivity index (χ1v) is 6.52. The molecule has 0 aliphatic rings. The molecule has 0 aromatic heterocycles. The summed E-state index contributed by atoms with van der Waals surface area (Å²) in [7, 11) is 0. The van der Waals surface area contributed by atoms with Crippen molar-refractivity contribution >= 4 is 18.2 Å². The summed E-state index contributed by atoms with van der Waals surface area (Å²) in [6.07, 6.45) is 1.43. The molecule has 2 aromatic rings. The number of ether oxygens (including phenoxy) is 1. The maximum Gasteiger partial charge on any atom is 0.343 e. The molecule has 22 heavy (non-hydrogen) atoms. The third-order valence-corrected chi connectivity index (χ3v) is 2.77. The van der Waals surface area contributed by atoms with Crippen LogP contribution in [-0.4, -0.2) is 18.2 Å². The van der Waals surface area contributed by atoms with Gasteiger partial charge in [-0.25, -0.2) is 15.0 Å². The van der Waals surface area contributed by atoms with E-state index >= 15 is 0 Å². The van der Waals surface area contributed by atoms with Crippen LogP contribution >= 0.6 is 0 Å². The van der Waals surface area contributed by atoms with Crippen LogP contribution in [0, 0.1) is 6.92 Å². The number of benzene rings is 2. The third-order valence-electron chi connectivity index (χ3n) is 2.77. The quantitative estimate of drug-likeness (QED) is 0.392. The molecule has 2 amide bonds. The molecule has 2 rings (SSSR count). The summed E-state index contributed by atoms with van der Waals surface area (Å²) in [4.78, 5) is 22.4. The molecular weight excluding hydrogens is 282 g/mol. The number of urea groups is 1. The topological polar surface area (TPSA) is 93.8 Å². The van der Waals surface area contributed by atoms with Gasteiger partial charge in [0, 0.05) is 0 Å². The predicted molar refractivity (Wildman–Crippen MR) is 82.9 cm³/mol. The number of carbonyl (C=O) groups excluding carboxylic acids is 2. The summed E-state index contributed by atoms with van der Waals surface area (Å²) in [5.41, 5.74) is 9.26. The first-order valence-electron chi connectivity index (χ1n) is 6.52. The first kappa shape index (κ1) is 15.2. The number of aryl methyl sites for hydroxylation is 1. The lowest BCUT2D eigenvalue weighted by molar-refractivity contribution is 0.0734. The third kappa shape index (κ3) is 4.45. The van der Waals surface area contributed by atoms with E-state index in [-0.39, 0.29) is 0 Å². The molecule has 0 unspecified atom stereocenters. The Morgan fingerprint density at radius 2 is 1.73 bits per heavy atom. The van der Waals surface area contributed by atoms with Crippen LogP contribution < -0.4 is 15.9 Å². The second kappa shape index (κ2) is 7.03. The van der Waals surface area contributed by atoms with Crippen molar-refractivity contribution < 1.29 is 14.3 Å². The van der Waals surface area contributed by atoms with Crippen LogP contribution in [0.2, 0.25) is 0 Å². The zero-order valence-electron chi connectivity index (χ0n) is 11.9. The Morgan fingerprint density at radius 1 is 1.09 bits per heavy atom. The van der Waals surface area contributed by atoms with Gasteiger partial charge in [-0.05, 0) is 48.9 Å². The molecular formula is C16H15N3O3. The largest absolute Gasteiger partial charge is 0.423 e. The van der Waals surface area contributed by atoms with E-state index in [4.69, 9.17) is 10.5 Å². The molecule has 6 nitrogen and oxygen atoms in total. The summed E-state index contributed by atoms with van der Waals surface area (Å²) >= 11 is 0. The number of nitrogens with one attached hydrogen (secondary N) is 1. The molecule has 0 saturated heterocycles. The lowest BCUT2D eigenvalue weighted by Gasteiger charge is -2.05. The van der Waals surface area contributed by atoms with Gasteiger partial charge >= 0.3 is 12.0 Å². The number of hydrogen-bond acceptors (Lipinski definition) is 4. The molecule has 2 aromatic carbocycles. The number of hydrogen-bond donors (Lipinski definition) is 2. The summed E-state index contributed by atoms with van der Waals surface area (Å²) in [5, 5.41) is 3.63. The van der Waals surface area contributed by atoms with Gasteiger partial charge in [-0.3, -0.25) is 0 Å². The smallest absolute Gasteiger partial charge is 0.343 e. The van der Waals surface area contributed by atoms with E-state index in [1.54, 1.807) is 36.4 Å². The Balaban J connectivity index is 1.98. The fraction of sp³-hybridized carbons (Fsp3) is 0.0625. The minimum Gasteiger partial charge on any atom is -0.423 e. The minimum atomic E-state index is -0.736.